The van der Waals surface area contributed by atoms with Gasteiger partial charge in [-0.05, 0) is 58.7 Å². The van der Waals surface area contributed by atoms with Crippen molar-refractivity contribution in [1.29, 1.82) is 0 Å². The number of para-hydroxylation sites is 4. The van der Waals surface area contributed by atoms with E-state index >= 15 is 0 Å². The maximum Gasteiger partial charge on any atom is 0.149 e. The number of nitrogens with zero attached hydrogens (tertiary/aromatic N) is 1. The largest absolute Gasteiger partial charge is 0.455 e. The molecule has 0 fully saturated rings. The average Bonchev–Trinajstić information content (AvgIpc) is 3.41. The minimum Gasteiger partial charge on any atom is -0.455 e. The van der Waals surface area contributed by atoms with Crippen LogP contribution in [0.1, 0.15) is 22.3 Å². The van der Waals surface area contributed by atoms with Gasteiger partial charge in [0, 0.05) is 21.4 Å². The molecule has 40 heavy (non-hydrogen) atoms. The predicted molar refractivity (Wildman–Crippen MR) is 164 cm³/mol. The fourth-order valence-electron chi connectivity index (χ4n) is 6.96. The van der Waals surface area contributed by atoms with E-state index in [1.807, 2.05) is 17.8 Å². The lowest BCUT2D eigenvalue weighted by molar-refractivity contribution is 0.644. The zero-order valence-corrected chi connectivity index (χ0v) is 22.4. The molecule has 188 valence electrons. The van der Waals surface area contributed by atoms with Gasteiger partial charge in [-0.25, -0.2) is 0 Å². The smallest absolute Gasteiger partial charge is 0.149 e. The molecule has 0 amide bonds. The third kappa shape index (κ3) is 2.75. The molecule has 7 aromatic rings. The number of hydrogen-bond acceptors (Lipinski definition) is 3. The van der Waals surface area contributed by atoms with Crippen molar-refractivity contribution in [3.63, 3.8) is 0 Å². The Kier molecular flexibility index (Phi) is 4.50. The second-order valence-corrected chi connectivity index (χ2v) is 11.5. The van der Waals surface area contributed by atoms with Gasteiger partial charge in [-0.2, -0.15) is 0 Å². The van der Waals surface area contributed by atoms with Crippen LogP contribution in [0.3, 0.4) is 0 Å². The summed E-state index contributed by atoms with van der Waals surface area (Å²) in [6, 6.07) is 50.5. The van der Waals surface area contributed by atoms with Crippen LogP contribution in [-0.4, -0.2) is 0 Å². The van der Waals surface area contributed by atoms with Gasteiger partial charge < -0.3 is 9.32 Å². The van der Waals surface area contributed by atoms with E-state index in [0.717, 1.165) is 22.2 Å². The van der Waals surface area contributed by atoms with Gasteiger partial charge in [-0.1, -0.05) is 115 Å². The first-order chi connectivity index (χ1) is 19.9. The quantitative estimate of drug-likeness (QED) is 0.210. The van der Waals surface area contributed by atoms with Gasteiger partial charge in [0.05, 0.1) is 21.7 Å². The number of hydrogen-bond donors (Lipinski definition) is 0. The SMILES string of the molecule is c1ccc(N2c3ccccc3C3(c4ccccc4Sc4c3ccc3c4oc4ccccc43)c3ccccc32)cc1. The van der Waals surface area contributed by atoms with E-state index in [4.69, 9.17) is 4.42 Å². The molecule has 2 nitrogen and oxygen atoms in total. The fourth-order valence-corrected chi connectivity index (χ4v) is 8.24. The number of furan rings is 1. The monoisotopic (exact) mass is 529 g/mol. The Morgan fingerprint density at radius 3 is 1.90 bits per heavy atom. The molecule has 0 saturated heterocycles. The summed E-state index contributed by atoms with van der Waals surface area (Å²) in [6.45, 7) is 0. The maximum absolute atomic E-state index is 6.64. The second-order valence-electron chi connectivity index (χ2n) is 10.5. The Morgan fingerprint density at radius 2 is 1.12 bits per heavy atom. The molecular weight excluding hydrogens is 506 g/mol. The van der Waals surface area contributed by atoms with Crippen LogP contribution in [0.25, 0.3) is 21.9 Å². The van der Waals surface area contributed by atoms with Crippen molar-refractivity contribution in [2.75, 3.05) is 4.90 Å². The summed E-state index contributed by atoms with van der Waals surface area (Å²) < 4.78 is 6.64. The fraction of sp³-hybridized carbons (Fsp3) is 0.0270. The molecule has 9 rings (SSSR count). The van der Waals surface area contributed by atoms with Gasteiger partial charge >= 0.3 is 0 Å². The molecule has 3 heterocycles. The number of fused-ring (bicyclic) bond motifs is 12. The zero-order valence-electron chi connectivity index (χ0n) is 21.5. The standard InChI is InChI=1S/C37H23NOS/c1-2-12-24(13-3-1)38-31-18-8-5-15-27(31)37(28-16-6-9-19-32(28)38)29-17-7-11-21-34(29)40-36-30(37)23-22-26-25-14-4-10-20-33(25)39-35(26)36/h1-23H. The third-order valence-corrected chi connectivity index (χ3v) is 9.71. The second kappa shape index (κ2) is 8.14. The van der Waals surface area contributed by atoms with Crippen molar-refractivity contribution in [2.45, 2.75) is 15.2 Å². The highest BCUT2D eigenvalue weighted by Gasteiger charge is 2.50. The van der Waals surface area contributed by atoms with Crippen molar-refractivity contribution in [2.24, 2.45) is 0 Å². The molecule has 0 saturated carbocycles. The van der Waals surface area contributed by atoms with Gasteiger partial charge in [-0.15, -0.1) is 0 Å². The van der Waals surface area contributed by atoms with Gasteiger partial charge in [0.1, 0.15) is 11.2 Å². The predicted octanol–water partition coefficient (Wildman–Crippen LogP) is 10.2. The molecule has 6 aromatic carbocycles. The number of anilines is 3. The maximum atomic E-state index is 6.64. The van der Waals surface area contributed by atoms with Gasteiger partial charge in [0.25, 0.3) is 0 Å². The number of rotatable bonds is 1. The van der Waals surface area contributed by atoms with E-state index in [2.05, 4.69) is 138 Å². The van der Waals surface area contributed by atoms with Crippen molar-refractivity contribution >= 4 is 50.8 Å². The van der Waals surface area contributed by atoms with E-state index in [9.17, 15) is 0 Å². The van der Waals surface area contributed by atoms with Crippen LogP contribution in [0, 0.1) is 0 Å². The summed E-state index contributed by atoms with van der Waals surface area (Å²) in [6.07, 6.45) is 0. The topological polar surface area (TPSA) is 16.4 Å². The van der Waals surface area contributed by atoms with Crippen molar-refractivity contribution in [1.82, 2.24) is 0 Å². The first kappa shape index (κ1) is 22.1. The highest BCUT2D eigenvalue weighted by atomic mass is 32.2. The van der Waals surface area contributed by atoms with E-state index in [0.29, 0.717) is 0 Å². The molecule has 0 unspecified atom stereocenters. The average molecular weight is 530 g/mol. The minimum atomic E-state index is -0.497. The molecule has 1 aromatic heterocycles. The molecular formula is C37H23NOS. The van der Waals surface area contributed by atoms with E-state index in [-0.39, 0.29) is 0 Å². The Hall–Kier alpha value is -4.73. The molecule has 0 atom stereocenters. The van der Waals surface area contributed by atoms with Crippen LogP contribution in [-0.2, 0) is 5.41 Å². The Morgan fingerprint density at radius 1 is 0.500 bits per heavy atom. The molecule has 1 spiro atoms. The van der Waals surface area contributed by atoms with Gasteiger partial charge in [-0.3, -0.25) is 0 Å². The lowest BCUT2D eigenvalue weighted by Crippen LogP contribution is -2.39. The van der Waals surface area contributed by atoms with Crippen LogP contribution in [0.2, 0.25) is 0 Å². The lowest BCUT2D eigenvalue weighted by atomic mass is 9.62. The summed E-state index contributed by atoms with van der Waals surface area (Å²) in [5, 5.41) is 2.33. The molecule has 3 heteroatoms. The third-order valence-electron chi connectivity index (χ3n) is 8.52. The Labute approximate surface area is 236 Å². The van der Waals surface area contributed by atoms with Crippen LogP contribution >= 0.6 is 11.8 Å². The van der Waals surface area contributed by atoms with Crippen LogP contribution < -0.4 is 4.90 Å². The molecule has 0 radical (unpaired) electrons. The molecule has 0 bridgehead atoms. The van der Waals surface area contributed by atoms with Crippen LogP contribution in [0.15, 0.2) is 154 Å². The summed E-state index contributed by atoms with van der Waals surface area (Å²) >= 11 is 1.83. The van der Waals surface area contributed by atoms with Gasteiger partial charge in [0.2, 0.25) is 0 Å². The summed E-state index contributed by atoms with van der Waals surface area (Å²) in [4.78, 5) is 4.88. The van der Waals surface area contributed by atoms with E-state index in [1.54, 1.807) is 0 Å². The van der Waals surface area contributed by atoms with Gasteiger partial charge in [0.15, 0.2) is 0 Å². The molecule has 0 aliphatic carbocycles. The first-order valence-corrected chi connectivity index (χ1v) is 14.4. The summed E-state index contributed by atoms with van der Waals surface area (Å²) in [7, 11) is 0. The van der Waals surface area contributed by atoms with E-state index in [1.165, 1.54) is 48.8 Å². The van der Waals surface area contributed by atoms with Crippen molar-refractivity contribution in [3.8, 4) is 0 Å². The zero-order chi connectivity index (χ0) is 26.3. The number of benzene rings is 6. The Balaban J connectivity index is 1.47. The van der Waals surface area contributed by atoms with Crippen LogP contribution in [0.4, 0.5) is 17.1 Å². The van der Waals surface area contributed by atoms with Crippen LogP contribution in [0.5, 0.6) is 0 Å². The normalized spacial score (nSPS) is 14.6. The first-order valence-electron chi connectivity index (χ1n) is 13.6. The van der Waals surface area contributed by atoms with Crippen molar-refractivity contribution in [3.05, 3.63) is 162 Å². The molecule has 0 N–H and O–H groups in total. The Bertz CT molecular complexity index is 2060. The molecule has 2 aliphatic rings. The molecule has 2 aliphatic heterocycles. The summed E-state index contributed by atoms with van der Waals surface area (Å²) in [5.41, 5.74) is 10.1. The lowest BCUT2D eigenvalue weighted by Gasteiger charge is -2.48. The minimum absolute atomic E-state index is 0.497. The summed E-state index contributed by atoms with van der Waals surface area (Å²) in [5.74, 6) is 0. The van der Waals surface area contributed by atoms with E-state index < -0.39 is 5.41 Å². The highest BCUT2D eigenvalue weighted by Crippen LogP contribution is 2.63. The van der Waals surface area contributed by atoms with Crippen molar-refractivity contribution < 1.29 is 4.42 Å². The highest BCUT2D eigenvalue weighted by molar-refractivity contribution is 7.99.